The molecule has 1 heterocycles. The van der Waals surface area contributed by atoms with Crippen molar-refractivity contribution in [3.8, 4) is 5.75 Å². The van der Waals surface area contributed by atoms with Crippen LogP contribution in [0.15, 0.2) is 42.5 Å². The molecule has 0 fully saturated rings. The van der Waals surface area contributed by atoms with E-state index in [1.807, 2.05) is 6.92 Å². The molecule has 4 rings (SSSR count). The minimum atomic E-state index is -0.778. The SMILES string of the molecule is CCOC(=O)c1c(NC(=O)c2ccc(O[C@H](C)C(=O)Nc3cccc(Cl)c3C)cc2)sc2c1CC[C@H](C)C2. The molecular formula is C29H31ClN2O5S. The molecule has 0 spiro atoms. The van der Waals surface area contributed by atoms with Crippen molar-refractivity contribution in [1.29, 1.82) is 0 Å². The minimum absolute atomic E-state index is 0.268. The van der Waals surface area contributed by atoms with Crippen LogP contribution in [0.1, 0.15) is 63.9 Å². The molecule has 200 valence electrons. The van der Waals surface area contributed by atoms with Gasteiger partial charge in [0.1, 0.15) is 10.8 Å². The van der Waals surface area contributed by atoms with Crippen molar-refractivity contribution in [2.75, 3.05) is 17.2 Å². The number of esters is 1. The summed E-state index contributed by atoms with van der Waals surface area (Å²) in [6.45, 7) is 7.70. The molecule has 9 heteroatoms. The van der Waals surface area contributed by atoms with Crippen LogP contribution in [-0.4, -0.2) is 30.5 Å². The number of rotatable bonds is 8. The van der Waals surface area contributed by atoms with Gasteiger partial charge < -0.3 is 20.1 Å². The third-order valence-electron chi connectivity index (χ3n) is 6.54. The van der Waals surface area contributed by atoms with Crippen molar-refractivity contribution < 1.29 is 23.9 Å². The van der Waals surface area contributed by atoms with Gasteiger partial charge >= 0.3 is 5.97 Å². The van der Waals surface area contributed by atoms with Crippen LogP contribution < -0.4 is 15.4 Å². The van der Waals surface area contributed by atoms with Gasteiger partial charge in [-0.3, -0.25) is 9.59 Å². The molecule has 2 atom stereocenters. The summed E-state index contributed by atoms with van der Waals surface area (Å²) >= 11 is 7.58. The smallest absolute Gasteiger partial charge is 0.341 e. The second-order valence-electron chi connectivity index (χ2n) is 9.42. The van der Waals surface area contributed by atoms with Gasteiger partial charge in [-0.1, -0.05) is 24.6 Å². The summed E-state index contributed by atoms with van der Waals surface area (Å²) in [4.78, 5) is 39.5. The van der Waals surface area contributed by atoms with Crippen molar-refractivity contribution in [2.24, 2.45) is 5.92 Å². The molecule has 1 aromatic heterocycles. The fourth-order valence-electron chi connectivity index (χ4n) is 4.35. The summed E-state index contributed by atoms with van der Waals surface area (Å²) in [6.07, 6.45) is 1.91. The highest BCUT2D eigenvalue weighted by Gasteiger charge is 2.29. The lowest BCUT2D eigenvalue weighted by molar-refractivity contribution is -0.122. The second kappa shape index (κ2) is 12.0. The molecule has 7 nitrogen and oxygen atoms in total. The molecular weight excluding hydrogens is 524 g/mol. The Balaban J connectivity index is 1.43. The summed E-state index contributed by atoms with van der Waals surface area (Å²) in [5, 5.41) is 6.83. The van der Waals surface area contributed by atoms with Gasteiger partial charge in [-0.05, 0) is 93.5 Å². The van der Waals surface area contributed by atoms with Crippen molar-refractivity contribution in [2.45, 2.75) is 53.1 Å². The zero-order chi connectivity index (χ0) is 27.4. The number of halogens is 1. The Morgan fingerprint density at radius 3 is 2.58 bits per heavy atom. The molecule has 38 heavy (non-hydrogen) atoms. The van der Waals surface area contributed by atoms with Gasteiger partial charge in [0.2, 0.25) is 0 Å². The van der Waals surface area contributed by atoms with Gasteiger partial charge in [0, 0.05) is 21.2 Å². The van der Waals surface area contributed by atoms with Crippen LogP contribution in [0.5, 0.6) is 5.75 Å². The lowest BCUT2D eigenvalue weighted by Crippen LogP contribution is -2.30. The molecule has 0 bridgehead atoms. The highest BCUT2D eigenvalue weighted by molar-refractivity contribution is 7.17. The van der Waals surface area contributed by atoms with E-state index in [0.29, 0.717) is 38.5 Å². The Kier molecular flexibility index (Phi) is 8.74. The van der Waals surface area contributed by atoms with Crippen molar-refractivity contribution in [3.63, 3.8) is 0 Å². The molecule has 0 radical (unpaired) electrons. The molecule has 2 N–H and O–H groups in total. The second-order valence-corrected chi connectivity index (χ2v) is 10.9. The number of carbonyl (C=O) groups excluding carboxylic acids is 3. The summed E-state index contributed by atoms with van der Waals surface area (Å²) in [6, 6.07) is 11.8. The van der Waals surface area contributed by atoms with Crippen molar-refractivity contribution in [1.82, 2.24) is 0 Å². The molecule has 1 aliphatic carbocycles. The largest absolute Gasteiger partial charge is 0.481 e. The predicted octanol–water partition coefficient (Wildman–Crippen LogP) is 6.67. The molecule has 3 aromatic rings. The molecule has 0 unspecified atom stereocenters. The highest BCUT2D eigenvalue weighted by atomic mass is 35.5. The number of carbonyl (C=O) groups is 3. The number of ether oxygens (including phenoxy) is 2. The van der Waals surface area contributed by atoms with Gasteiger partial charge in [0.15, 0.2) is 6.10 Å². The third-order valence-corrected chi connectivity index (χ3v) is 8.12. The number of thiophene rings is 1. The molecule has 0 saturated carbocycles. The molecule has 2 amide bonds. The fraction of sp³-hybridized carbons (Fsp3) is 0.345. The molecule has 0 aliphatic heterocycles. The van der Waals surface area contributed by atoms with Gasteiger partial charge in [-0.25, -0.2) is 4.79 Å². The maximum Gasteiger partial charge on any atom is 0.341 e. The fourth-order valence-corrected chi connectivity index (χ4v) is 5.92. The van der Waals surface area contributed by atoms with E-state index < -0.39 is 12.1 Å². The van der Waals surface area contributed by atoms with E-state index in [4.69, 9.17) is 21.1 Å². The van der Waals surface area contributed by atoms with Gasteiger partial charge in [0.05, 0.1) is 12.2 Å². The number of fused-ring (bicyclic) bond motifs is 1. The number of benzene rings is 2. The van der Waals surface area contributed by atoms with Gasteiger partial charge in [0.25, 0.3) is 11.8 Å². The van der Waals surface area contributed by atoms with Crippen LogP contribution in [0.2, 0.25) is 5.02 Å². The van der Waals surface area contributed by atoms with E-state index in [2.05, 4.69) is 17.6 Å². The Bertz CT molecular complexity index is 1350. The van der Waals surface area contributed by atoms with E-state index in [1.54, 1.807) is 56.3 Å². The predicted molar refractivity (Wildman–Crippen MR) is 151 cm³/mol. The molecule has 2 aromatic carbocycles. The Hall–Kier alpha value is -3.36. The molecule has 1 aliphatic rings. The quantitative estimate of drug-likeness (QED) is 0.303. The first kappa shape index (κ1) is 27.7. The summed E-state index contributed by atoms with van der Waals surface area (Å²) in [5.74, 6) is -0.0828. The van der Waals surface area contributed by atoms with Crippen molar-refractivity contribution >= 4 is 51.4 Å². The zero-order valence-corrected chi connectivity index (χ0v) is 23.4. The average molecular weight is 555 g/mol. The standard InChI is InChI=1S/C29H31ClN2O5S/c1-5-36-29(35)25-21-14-9-16(2)15-24(21)38-28(25)32-27(34)19-10-12-20(13-11-19)37-18(4)26(33)31-23-8-6-7-22(30)17(23)3/h6-8,10-13,16,18H,5,9,14-15H2,1-4H3,(H,31,33)(H,32,34)/t16-,18+/m0/s1. The Morgan fingerprint density at radius 2 is 1.87 bits per heavy atom. The maximum absolute atomic E-state index is 13.1. The first-order valence-corrected chi connectivity index (χ1v) is 13.8. The topological polar surface area (TPSA) is 93.7 Å². The first-order valence-electron chi connectivity index (χ1n) is 12.6. The lowest BCUT2D eigenvalue weighted by atomic mass is 9.88. The average Bonchev–Trinajstić information content (AvgIpc) is 3.24. The third kappa shape index (κ3) is 6.19. The van der Waals surface area contributed by atoms with E-state index in [1.165, 1.54) is 11.3 Å². The molecule has 0 saturated heterocycles. The number of hydrogen-bond acceptors (Lipinski definition) is 6. The van der Waals surface area contributed by atoms with Crippen LogP contribution in [0.3, 0.4) is 0 Å². The van der Waals surface area contributed by atoms with E-state index in [9.17, 15) is 14.4 Å². The zero-order valence-electron chi connectivity index (χ0n) is 21.9. The number of anilines is 2. The summed E-state index contributed by atoms with van der Waals surface area (Å²) in [5.41, 5.74) is 3.26. The number of nitrogens with one attached hydrogen (secondary N) is 2. The Morgan fingerprint density at radius 1 is 1.13 bits per heavy atom. The number of amides is 2. The van der Waals surface area contributed by atoms with Crippen LogP contribution in [0, 0.1) is 12.8 Å². The lowest BCUT2D eigenvalue weighted by Gasteiger charge is -2.18. The first-order chi connectivity index (χ1) is 18.2. The van der Waals surface area contributed by atoms with E-state index in [0.717, 1.165) is 35.3 Å². The van der Waals surface area contributed by atoms with E-state index >= 15 is 0 Å². The normalized spacial score (nSPS) is 15.2. The minimum Gasteiger partial charge on any atom is -0.481 e. The van der Waals surface area contributed by atoms with Crippen LogP contribution in [0.25, 0.3) is 0 Å². The van der Waals surface area contributed by atoms with Crippen LogP contribution in [-0.2, 0) is 22.4 Å². The summed E-state index contributed by atoms with van der Waals surface area (Å²) < 4.78 is 11.1. The van der Waals surface area contributed by atoms with Crippen LogP contribution >= 0.6 is 22.9 Å². The van der Waals surface area contributed by atoms with Gasteiger partial charge in [-0.15, -0.1) is 11.3 Å². The van der Waals surface area contributed by atoms with Crippen molar-refractivity contribution in [3.05, 3.63) is 74.6 Å². The van der Waals surface area contributed by atoms with Crippen LogP contribution in [0.4, 0.5) is 10.7 Å². The highest BCUT2D eigenvalue weighted by Crippen LogP contribution is 2.40. The number of hydrogen-bond donors (Lipinski definition) is 2. The Labute approximate surface area is 231 Å². The summed E-state index contributed by atoms with van der Waals surface area (Å²) in [7, 11) is 0. The monoisotopic (exact) mass is 554 g/mol. The van der Waals surface area contributed by atoms with E-state index in [-0.39, 0.29) is 18.4 Å². The van der Waals surface area contributed by atoms with Gasteiger partial charge in [-0.2, -0.15) is 0 Å². The maximum atomic E-state index is 13.1.